The van der Waals surface area contributed by atoms with Gasteiger partial charge in [0.2, 0.25) is 5.91 Å². The topological polar surface area (TPSA) is 55.1 Å². The molecule has 3 N–H and O–H groups in total. The molecule has 70 valence electrons. The third-order valence-corrected chi connectivity index (χ3v) is 2.48. The van der Waals surface area contributed by atoms with Crippen LogP contribution in [0.4, 0.5) is 0 Å². The molecule has 1 heterocycles. The van der Waals surface area contributed by atoms with Crippen LogP contribution < -0.4 is 11.1 Å². The van der Waals surface area contributed by atoms with Crippen LogP contribution >= 0.6 is 0 Å². The van der Waals surface area contributed by atoms with Crippen LogP contribution in [0.3, 0.4) is 0 Å². The molecule has 2 unspecified atom stereocenters. The molecule has 0 aromatic heterocycles. The summed E-state index contributed by atoms with van der Waals surface area (Å²) in [5.74, 6) is 1.03. The average Bonchev–Trinajstić information content (AvgIpc) is 2.33. The molecule has 1 amide bonds. The van der Waals surface area contributed by atoms with Crippen molar-refractivity contribution in [2.24, 2.45) is 23.5 Å². The van der Waals surface area contributed by atoms with Crippen LogP contribution in [-0.2, 0) is 4.79 Å². The van der Waals surface area contributed by atoms with Crippen LogP contribution in [0.5, 0.6) is 0 Å². The van der Waals surface area contributed by atoms with E-state index in [1.807, 2.05) is 0 Å². The first-order chi connectivity index (χ1) is 5.61. The first-order valence-corrected chi connectivity index (χ1v) is 4.61. The summed E-state index contributed by atoms with van der Waals surface area (Å²) < 4.78 is 0. The molecule has 1 rings (SSSR count). The van der Waals surface area contributed by atoms with Gasteiger partial charge >= 0.3 is 0 Å². The number of nitrogens with two attached hydrogens (primary N) is 1. The summed E-state index contributed by atoms with van der Waals surface area (Å²) in [6.07, 6.45) is 1.10. The number of hydrogen-bond acceptors (Lipinski definition) is 2. The number of amides is 1. The highest BCUT2D eigenvalue weighted by molar-refractivity contribution is 5.77. The molecule has 12 heavy (non-hydrogen) atoms. The second kappa shape index (κ2) is 3.90. The summed E-state index contributed by atoms with van der Waals surface area (Å²) in [4.78, 5) is 11.0. The average molecular weight is 170 g/mol. The van der Waals surface area contributed by atoms with Crippen molar-refractivity contribution < 1.29 is 4.79 Å². The van der Waals surface area contributed by atoms with Gasteiger partial charge in [0.1, 0.15) is 0 Å². The lowest BCUT2D eigenvalue weighted by atomic mass is 9.88. The highest BCUT2D eigenvalue weighted by Gasteiger charge is 2.31. The van der Waals surface area contributed by atoms with E-state index in [0.29, 0.717) is 11.8 Å². The molecule has 0 aromatic rings. The predicted octanol–water partition coefficient (Wildman–Crippen LogP) is 0.353. The van der Waals surface area contributed by atoms with Crippen LogP contribution in [-0.4, -0.2) is 19.0 Å². The van der Waals surface area contributed by atoms with E-state index in [2.05, 4.69) is 19.2 Å². The van der Waals surface area contributed by atoms with Crippen LogP contribution in [0, 0.1) is 17.8 Å². The molecule has 0 bridgehead atoms. The molecule has 1 fully saturated rings. The SMILES string of the molecule is CC(C)CC1CNCC1C(N)=O. The smallest absolute Gasteiger partial charge is 0.222 e. The molecule has 0 radical (unpaired) electrons. The molecule has 1 aliphatic rings. The van der Waals surface area contributed by atoms with Crippen molar-refractivity contribution in [3.8, 4) is 0 Å². The zero-order valence-electron chi connectivity index (χ0n) is 7.84. The van der Waals surface area contributed by atoms with E-state index in [9.17, 15) is 4.79 Å². The van der Waals surface area contributed by atoms with E-state index >= 15 is 0 Å². The molecule has 0 saturated carbocycles. The fourth-order valence-electron chi connectivity index (χ4n) is 1.92. The van der Waals surface area contributed by atoms with Gasteiger partial charge in [0.15, 0.2) is 0 Å². The Morgan fingerprint density at radius 2 is 2.25 bits per heavy atom. The van der Waals surface area contributed by atoms with Gasteiger partial charge in [0, 0.05) is 6.54 Å². The Morgan fingerprint density at radius 3 is 2.75 bits per heavy atom. The van der Waals surface area contributed by atoms with Gasteiger partial charge in [-0.2, -0.15) is 0 Å². The highest BCUT2D eigenvalue weighted by Crippen LogP contribution is 2.23. The van der Waals surface area contributed by atoms with E-state index in [0.717, 1.165) is 19.5 Å². The third-order valence-electron chi connectivity index (χ3n) is 2.48. The predicted molar refractivity (Wildman–Crippen MR) is 48.5 cm³/mol. The normalized spacial score (nSPS) is 29.6. The van der Waals surface area contributed by atoms with Crippen LogP contribution in [0.2, 0.25) is 0 Å². The van der Waals surface area contributed by atoms with Crippen molar-refractivity contribution in [3.05, 3.63) is 0 Å². The maximum atomic E-state index is 11.0. The summed E-state index contributed by atoms with van der Waals surface area (Å²) in [6, 6.07) is 0. The van der Waals surface area contributed by atoms with Crippen molar-refractivity contribution >= 4 is 5.91 Å². The molecular formula is C9H18N2O. The standard InChI is InChI=1S/C9H18N2O/c1-6(2)3-7-4-11-5-8(7)9(10)12/h6-8,11H,3-5H2,1-2H3,(H2,10,12). The number of carbonyl (C=O) groups excluding carboxylic acids is 1. The molecule has 0 aromatic carbocycles. The highest BCUT2D eigenvalue weighted by atomic mass is 16.1. The molecule has 2 atom stereocenters. The van der Waals surface area contributed by atoms with Crippen molar-refractivity contribution in [2.45, 2.75) is 20.3 Å². The number of rotatable bonds is 3. The van der Waals surface area contributed by atoms with Crippen molar-refractivity contribution in [1.29, 1.82) is 0 Å². The number of primary amides is 1. The maximum Gasteiger partial charge on any atom is 0.222 e. The lowest BCUT2D eigenvalue weighted by Crippen LogP contribution is -2.29. The minimum absolute atomic E-state index is 0.0624. The quantitative estimate of drug-likeness (QED) is 0.642. The Balaban J connectivity index is 2.46. The zero-order valence-corrected chi connectivity index (χ0v) is 7.84. The minimum Gasteiger partial charge on any atom is -0.369 e. The Hall–Kier alpha value is -0.570. The van der Waals surface area contributed by atoms with E-state index in [-0.39, 0.29) is 11.8 Å². The third kappa shape index (κ3) is 2.21. The summed E-state index contributed by atoms with van der Waals surface area (Å²) in [5.41, 5.74) is 5.28. The van der Waals surface area contributed by atoms with E-state index in [1.54, 1.807) is 0 Å². The largest absolute Gasteiger partial charge is 0.369 e. The Morgan fingerprint density at radius 1 is 1.58 bits per heavy atom. The van der Waals surface area contributed by atoms with Gasteiger partial charge in [-0.25, -0.2) is 0 Å². The first kappa shape index (κ1) is 9.52. The number of nitrogens with one attached hydrogen (secondary N) is 1. The summed E-state index contributed by atoms with van der Waals surface area (Å²) in [7, 11) is 0. The van der Waals surface area contributed by atoms with Crippen LogP contribution in [0.25, 0.3) is 0 Å². The van der Waals surface area contributed by atoms with Gasteiger partial charge < -0.3 is 11.1 Å². The zero-order chi connectivity index (χ0) is 9.14. The summed E-state index contributed by atoms with van der Waals surface area (Å²) in [6.45, 7) is 6.07. The molecule has 3 nitrogen and oxygen atoms in total. The minimum atomic E-state index is -0.148. The Bertz CT molecular complexity index is 168. The van der Waals surface area contributed by atoms with Crippen molar-refractivity contribution in [2.75, 3.05) is 13.1 Å². The lowest BCUT2D eigenvalue weighted by Gasteiger charge is -2.16. The maximum absolute atomic E-state index is 11.0. The van der Waals surface area contributed by atoms with Gasteiger partial charge in [-0.3, -0.25) is 4.79 Å². The Labute approximate surface area is 73.7 Å². The lowest BCUT2D eigenvalue weighted by molar-refractivity contribution is -0.122. The number of hydrogen-bond donors (Lipinski definition) is 2. The van der Waals surface area contributed by atoms with Crippen LogP contribution in [0.15, 0.2) is 0 Å². The van der Waals surface area contributed by atoms with E-state index in [1.165, 1.54) is 0 Å². The fraction of sp³-hybridized carbons (Fsp3) is 0.889. The van der Waals surface area contributed by atoms with E-state index in [4.69, 9.17) is 5.73 Å². The number of carbonyl (C=O) groups is 1. The molecule has 1 aliphatic heterocycles. The van der Waals surface area contributed by atoms with Crippen molar-refractivity contribution in [1.82, 2.24) is 5.32 Å². The van der Waals surface area contributed by atoms with Crippen LogP contribution in [0.1, 0.15) is 20.3 Å². The van der Waals surface area contributed by atoms with Gasteiger partial charge in [-0.05, 0) is 24.8 Å². The molecular weight excluding hydrogens is 152 g/mol. The second-order valence-electron chi connectivity index (χ2n) is 4.06. The van der Waals surface area contributed by atoms with Gasteiger partial charge in [-0.1, -0.05) is 13.8 Å². The van der Waals surface area contributed by atoms with Gasteiger partial charge in [0.05, 0.1) is 5.92 Å². The second-order valence-corrected chi connectivity index (χ2v) is 4.06. The van der Waals surface area contributed by atoms with Crippen molar-refractivity contribution in [3.63, 3.8) is 0 Å². The fourth-order valence-corrected chi connectivity index (χ4v) is 1.92. The monoisotopic (exact) mass is 170 g/mol. The van der Waals surface area contributed by atoms with Gasteiger partial charge in [0.25, 0.3) is 0 Å². The molecule has 1 saturated heterocycles. The summed E-state index contributed by atoms with van der Waals surface area (Å²) >= 11 is 0. The summed E-state index contributed by atoms with van der Waals surface area (Å²) in [5, 5.41) is 3.21. The Kier molecular flexibility index (Phi) is 3.09. The molecule has 0 aliphatic carbocycles. The van der Waals surface area contributed by atoms with Gasteiger partial charge in [-0.15, -0.1) is 0 Å². The van der Waals surface area contributed by atoms with E-state index < -0.39 is 0 Å². The molecule has 3 heteroatoms. The first-order valence-electron chi connectivity index (χ1n) is 4.61. The molecule has 0 spiro atoms.